The highest BCUT2D eigenvalue weighted by atomic mass is 32.2. The Morgan fingerprint density at radius 1 is 1.46 bits per heavy atom. The standard InChI is InChI=1S/C17H20FN5O2S/c1-9(19)25-11-3-2-10(6-11)14-7-16(23-22-14)21-13-4-5-15-12(17(13)18)8-20-26(15)24/h4-5,7,10-11,19-20H,2-3,6,8H2,1H3,(H2,21,22,23). The van der Waals surface area contributed by atoms with Crippen molar-refractivity contribution in [2.75, 3.05) is 5.32 Å². The first kappa shape index (κ1) is 17.2. The van der Waals surface area contributed by atoms with Crippen molar-refractivity contribution in [2.24, 2.45) is 0 Å². The van der Waals surface area contributed by atoms with Gasteiger partial charge in [-0.25, -0.2) is 13.3 Å². The first-order valence-corrected chi connectivity index (χ1v) is 9.67. The van der Waals surface area contributed by atoms with Crippen LogP contribution in [0.1, 0.15) is 43.4 Å². The zero-order valence-electron chi connectivity index (χ0n) is 14.3. The summed E-state index contributed by atoms with van der Waals surface area (Å²) >= 11 is 0. The molecule has 7 nitrogen and oxygen atoms in total. The number of anilines is 2. The zero-order valence-corrected chi connectivity index (χ0v) is 15.1. The molecule has 2 heterocycles. The number of benzene rings is 1. The van der Waals surface area contributed by atoms with E-state index in [0.29, 0.717) is 27.9 Å². The number of fused-ring (bicyclic) bond motifs is 1. The largest absolute Gasteiger partial charge is 0.478 e. The molecular formula is C17H20FN5O2S. The minimum absolute atomic E-state index is 0.0692. The minimum atomic E-state index is -1.33. The van der Waals surface area contributed by atoms with Crippen LogP contribution in [-0.2, 0) is 22.3 Å². The molecule has 3 unspecified atom stereocenters. The van der Waals surface area contributed by atoms with E-state index in [1.807, 2.05) is 6.07 Å². The first-order chi connectivity index (χ1) is 12.5. The lowest BCUT2D eigenvalue weighted by atomic mass is 10.0. The third-order valence-corrected chi connectivity index (χ3v) is 6.00. The summed E-state index contributed by atoms with van der Waals surface area (Å²) in [6, 6.07) is 5.14. The maximum Gasteiger partial charge on any atom is 0.177 e. The van der Waals surface area contributed by atoms with Crippen LogP contribution in [0.15, 0.2) is 23.1 Å². The highest BCUT2D eigenvalue weighted by Gasteiger charge is 2.29. The number of nitrogens with zero attached hydrogens (tertiary/aromatic N) is 1. The number of rotatable bonds is 4. The predicted molar refractivity (Wildman–Crippen MR) is 96.4 cm³/mol. The van der Waals surface area contributed by atoms with Gasteiger partial charge in [0.05, 0.1) is 10.6 Å². The number of halogens is 1. The van der Waals surface area contributed by atoms with Crippen LogP contribution < -0.4 is 10.0 Å². The monoisotopic (exact) mass is 377 g/mol. The summed E-state index contributed by atoms with van der Waals surface area (Å²) < 4.78 is 34.5. The Labute approximate surface area is 152 Å². The van der Waals surface area contributed by atoms with Crippen molar-refractivity contribution >= 4 is 28.4 Å². The normalized spacial score (nSPS) is 24.5. The van der Waals surface area contributed by atoms with Gasteiger partial charge in [-0.15, -0.1) is 0 Å². The van der Waals surface area contributed by atoms with Crippen molar-refractivity contribution in [3.8, 4) is 0 Å². The van der Waals surface area contributed by atoms with Crippen LogP contribution in [0.4, 0.5) is 15.9 Å². The van der Waals surface area contributed by atoms with Gasteiger partial charge in [-0.3, -0.25) is 10.5 Å². The number of nitrogens with one attached hydrogen (secondary N) is 4. The van der Waals surface area contributed by atoms with Crippen LogP contribution in [-0.4, -0.2) is 26.4 Å². The Hall–Kier alpha value is -2.26. The molecule has 26 heavy (non-hydrogen) atoms. The van der Waals surface area contributed by atoms with Gasteiger partial charge in [0.1, 0.15) is 17.1 Å². The number of hydrogen-bond donors (Lipinski definition) is 4. The van der Waals surface area contributed by atoms with Gasteiger partial charge in [-0.05, 0) is 31.4 Å². The molecule has 0 spiro atoms. The Bertz CT molecular complexity index is 884. The molecule has 0 bridgehead atoms. The molecule has 1 aliphatic carbocycles. The van der Waals surface area contributed by atoms with Gasteiger partial charge in [-0.1, -0.05) is 0 Å². The molecule has 3 atom stereocenters. The van der Waals surface area contributed by atoms with E-state index < -0.39 is 16.8 Å². The van der Waals surface area contributed by atoms with Gasteiger partial charge in [-0.2, -0.15) is 5.10 Å². The van der Waals surface area contributed by atoms with Crippen molar-refractivity contribution in [3.05, 3.63) is 35.3 Å². The fourth-order valence-corrected chi connectivity index (χ4v) is 4.59. The number of aromatic nitrogens is 2. The van der Waals surface area contributed by atoms with E-state index in [1.165, 1.54) is 0 Å². The zero-order chi connectivity index (χ0) is 18.3. The second kappa shape index (κ2) is 6.81. The Balaban J connectivity index is 1.47. The second-order valence-electron chi connectivity index (χ2n) is 6.63. The van der Waals surface area contributed by atoms with Crippen molar-refractivity contribution in [1.82, 2.24) is 14.9 Å². The molecule has 0 saturated heterocycles. The summed E-state index contributed by atoms with van der Waals surface area (Å²) in [4.78, 5) is 0.495. The van der Waals surface area contributed by atoms with Gasteiger partial charge >= 0.3 is 0 Å². The van der Waals surface area contributed by atoms with Crippen LogP contribution in [0.3, 0.4) is 0 Å². The first-order valence-electron chi connectivity index (χ1n) is 8.52. The molecule has 1 aromatic heterocycles. The molecule has 1 aromatic carbocycles. The molecular weight excluding hydrogens is 357 g/mol. The van der Waals surface area contributed by atoms with Crippen LogP contribution >= 0.6 is 0 Å². The Kier molecular flexibility index (Phi) is 4.49. The van der Waals surface area contributed by atoms with Crippen LogP contribution in [0, 0.1) is 11.2 Å². The molecule has 1 fully saturated rings. The molecule has 4 N–H and O–H groups in total. The molecule has 0 amide bonds. The summed E-state index contributed by atoms with van der Waals surface area (Å²) in [5.41, 5.74) is 1.72. The summed E-state index contributed by atoms with van der Waals surface area (Å²) in [7, 11) is -1.33. The predicted octanol–water partition coefficient (Wildman–Crippen LogP) is 3.07. The number of aromatic amines is 1. The minimum Gasteiger partial charge on any atom is -0.478 e. The lowest BCUT2D eigenvalue weighted by Crippen LogP contribution is -2.11. The van der Waals surface area contributed by atoms with Crippen molar-refractivity contribution in [1.29, 1.82) is 5.41 Å². The van der Waals surface area contributed by atoms with E-state index in [-0.39, 0.29) is 18.5 Å². The van der Waals surface area contributed by atoms with Crippen molar-refractivity contribution < 1.29 is 13.3 Å². The summed E-state index contributed by atoms with van der Waals surface area (Å²) in [6.45, 7) is 1.90. The lowest BCUT2D eigenvalue weighted by molar-refractivity contribution is 0.190. The third-order valence-electron chi connectivity index (χ3n) is 4.81. The molecule has 0 radical (unpaired) electrons. The lowest BCUT2D eigenvalue weighted by Gasteiger charge is -2.11. The van der Waals surface area contributed by atoms with E-state index in [9.17, 15) is 8.60 Å². The number of ether oxygens (including phenoxy) is 1. The molecule has 1 saturated carbocycles. The number of hydrogen-bond acceptors (Lipinski definition) is 5. The quantitative estimate of drug-likeness (QED) is 0.486. The van der Waals surface area contributed by atoms with Gasteiger partial charge in [0.2, 0.25) is 0 Å². The van der Waals surface area contributed by atoms with E-state index in [1.54, 1.807) is 19.1 Å². The maximum atomic E-state index is 14.6. The summed E-state index contributed by atoms with van der Waals surface area (Å²) in [6.07, 6.45) is 2.78. The highest BCUT2D eigenvalue weighted by Crippen LogP contribution is 2.36. The fourth-order valence-electron chi connectivity index (χ4n) is 3.58. The van der Waals surface area contributed by atoms with E-state index >= 15 is 0 Å². The maximum absolute atomic E-state index is 14.6. The molecule has 2 aromatic rings. The van der Waals surface area contributed by atoms with Crippen LogP contribution in [0.5, 0.6) is 0 Å². The highest BCUT2D eigenvalue weighted by molar-refractivity contribution is 7.83. The second-order valence-corrected chi connectivity index (χ2v) is 7.90. The van der Waals surface area contributed by atoms with Gasteiger partial charge in [0, 0.05) is 36.7 Å². The topological polar surface area (TPSA) is 103 Å². The number of H-pyrrole nitrogens is 1. The molecule has 9 heteroatoms. The smallest absolute Gasteiger partial charge is 0.177 e. The molecule has 1 aliphatic heterocycles. The Morgan fingerprint density at radius 3 is 3.12 bits per heavy atom. The van der Waals surface area contributed by atoms with Crippen molar-refractivity contribution in [3.63, 3.8) is 0 Å². The van der Waals surface area contributed by atoms with E-state index in [4.69, 9.17) is 10.1 Å². The van der Waals surface area contributed by atoms with Gasteiger partial charge in [0.25, 0.3) is 0 Å². The average molecular weight is 377 g/mol. The average Bonchev–Trinajstić information content (AvgIpc) is 3.30. The fraction of sp³-hybridized carbons (Fsp3) is 0.412. The molecule has 4 rings (SSSR count). The van der Waals surface area contributed by atoms with Gasteiger partial charge in [0.15, 0.2) is 17.5 Å². The van der Waals surface area contributed by atoms with Gasteiger partial charge < -0.3 is 10.1 Å². The van der Waals surface area contributed by atoms with Crippen LogP contribution in [0.25, 0.3) is 0 Å². The van der Waals surface area contributed by atoms with Crippen LogP contribution in [0.2, 0.25) is 0 Å². The Morgan fingerprint density at radius 2 is 2.31 bits per heavy atom. The van der Waals surface area contributed by atoms with Crippen molar-refractivity contribution in [2.45, 2.75) is 49.6 Å². The third kappa shape index (κ3) is 3.24. The van der Waals surface area contributed by atoms with E-state index in [2.05, 4.69) is 20.2 Å². The SMILES string of the molecule is CC(=N)OC1CCC(c2cc(Nc3ccc4c(c3F)CNS4=O)n[nH]2)C1. The summed E-state index contributed by atoms with van der Waals surface area (Å²) in [5, 5.41) is 17.7. The molecule has 138 valence electrons. The summed E-state index contributed by atoms with van der Waals surface area (Å²) in [5.74, 6) is 0.670. The molecule has 2 aliphatic rings. The van der Waals surface area contributed by atoms with E-state index in [0.717, 1.165) is 25.0 Å².